The number of aromatic nitrogens is 2. The monoisotopic (exact) mass is 302 g/mol. The topological polar surface area (TPSA) is 17.8 Å². The van der Waals surface area contributed by atoms with Crippen LogP contribution in [-0.2, 0) is 0 Å². The van der Waals surface area contributed by atoms with Crippen LogP contribution in [0.2, 0.25) is 0 Å². The minimum atomic E-state index is -1.15. The summed E-state index contributed by atoms with van der Waals surface area (Å²) in [4.78, 5) is 5.74. The van der Waals surface area contributed by atoms with E-state index in [-0.39, 0.29) is 0 Å². The summed E-state index contributed by atoms with van der Waals surface area (Å²) in [6, 6.07) is 10.5. The maximum absolute atomic E-state index is 4.45. The first-order valence-corrected chi connectivity index (χ1v) is 9.22. The summed E-state index contributed by atoms with van der Waals surface area (Å²) >= 11 is 0. The molecule has 1 aromatic heterocycles. The summed E-state index contributed by atoms with van der Waals surface area (Å²) in [6.07, 6.45) is 3.97. The molecule has 114 valence electrons. The molecule has 0 aliphatic heterocycles. The highest BCUT2D eigenvalue weighted by molar-refractivity contribution is 8.37. The lowest BCUT2D eigenvalue weighted by molar-refractivity contribution is 0.905. The number of allylic oxidation sites excluding steroid dienone is 1. The Morgan fingerprint density at radius 3 is 2.14 bits per heavy atom. The van der Waals surface area contributed by atoms with E-state index < -0.39 is 10.0 Å². The van der Waals surface area contributed by atoms with Crippen molar-refractivity contribution in [1.29, 1.82) is 0 Å². The van der Waals surface area contributed by atoms with Gasteiger partial charge in [-0.15, -0.1) is 0 Å². The average molecular weight is 302 g/mol. The summed E-state index contributed by atoms with van der Waals surface area (Å²) in [5.74, 6) is 0. The van der Waals surface area contributed by atoms with Crippen LogP contribution in [0.15, 0.2) is 59.4 Å². The van der Waals surface area contributed by atoms with Crippen LogP contribution in [-0.4, -0.2) is 20.1 Å². The summed E-state index contributed by atoms with van der Waals surface area (Å²) in [7, 11) is -1.15. The highest BCUT2D eigenvalue weighted by atomic mass is 32.3. The zero-order valence-electron chi connectivity index (χ0n) is 13.7. The standard InChI is InChI=1S/C18H26N2S/c1-14(2)21(15(3)4,16(5)6)18-12-19-13-20(18)17-10-8-7-9-11-17/h7-13,15-16H,1H2,2-6H3. The zero-order chi connectivity index (χ0) is 15.6. The Labute approximate surface area is 130 Å². The molecule has 0 spiro atoms. The molecule has 0 radical (unpaired) electrons. The van der Waals surface area contributed by atoms with Gasteiger partial charge in [0.25, 0.3) is 0 Å². The first kappa shape index (κ1) is 15.9. The molecule has 0 saturated heterocycles. The van der Waals surface area contributed by atoms with Crippen LogP contribution in [0.5, 0.6) is 0 Å². The lowest BCUT2D eigenvalue weighted by atomic mass is 10.3. The van der Waals surface area contributed by atoms with E-state index in [1.807, 2.05) is 18.6 Å². The first-order valence-electron chi connectivity index (χ1n) is 7.46. The van der Waals surface area contributed by atoms with Crippen LogP contribution in [0.1, 0.15) is 34.6 Å². The predicted molar refractivity (Wildman–Crippen MR) is 94.5 cm³/mol. The number of nitrogens with zero attached hydrogens (tertiary/aromatic N) is 2. The molecule has 2 nitrogen and oxygen atoms in total. The molecule has 0 unspecified atom stereocenters. The van der Waals surface area contributed by atoms with Crippen LogP contribution >= 0.6 is 10.0 Å². The molecule has 0 aliphatic carbocycles. The molecule has 0 aliphatic rings. The van der Waals surface area contributed by atoms with Crippen molar-refractivity contribution in [2.24, 2.45) is 0 Å². The third-order valence-corrected chi connectivity index (χ3v) is 9.17. The van der Waals surface area contributed by atoms with Gasteiger partial charge in [-0.2, -0.15) is 10.0 Å². The van der Waals surface area contributed by atoms with Crippen LogP contribution in [0.4, 0.5) is 0 Å². The maximum Gasteiger partial charge on any atom is 0.100 e. The molecule has 0 bridgehead atoms. The molecule has 2 rings (SSSR count). The Kier molecular flexibility index (Phi) is 4.62. The lowest BCUT2D eigenvalue weighted by Crippen LogP contribution is -2.24. The Balaban J connectivity index is 2.69. The van der Waals surface area contributed by atoms with Crippen molar-refractivity contribution in [3.05, 3.63) is 54.3 Å². The third kappa shape index (κ3) is 2.55. The molecular weight excluding hydrogens is 276 g/mol. The molecule has 21 heavy (non-hydrogen) atoms. The number of hydrogen-bond donors (Lipinski definition) is 0. The highest BCUT2D eigenvalue weighted by Gasteiger charge is 2.37. The van der Waals surface area contributed by atoms with E-state index in [0.717, 1.165) is 0 Å². The van der Waals surface area contributed by atoms with Crippen molar-refractivity contribution >= 4 is 10.0 Å². The highest BCUT2D eigenvalue weighted by Crippen LogP contribution is 2.68. The average Bonchev–Trinajstić information content (AvgIpc) is 2.88. The fourth-order valence-corrected chi connectivity index (χ4v) is 8.06. The van der Waals surface area contributed by atoms with Gasteiger partial charge < -0.3 is 0 Å². The van der Waals surface area contributed by atoms with Gasteiger partial charge in [-0.25, -0.2) is 4.98 Å². The predicted octanol–water partition coefficient (Wildman–Crippen LogP) is 5.39. The second kappa shape index (κ2) is 6.10. The number of imidazole rings is 1. The summed E-state index contributed by atoms with van der Waals surface area (Å²) in [6.45, 7) is 15.8. The van der Waals surface area contributed by atoms with Crippen LogP contribution in [0.3, 0.4) is 0 Å². The van der Waals surface area contributed by atoms with Gasteiger partial charge in [0.05, 0.1) is 11.2 Å². The molecule has 0 N–H and O–H groups in total. The van der Waals surface area contributed by atoms with Crippen molar-refractivity contribution in [2.75, 3.05) is 0 Å². The van der Waals surface area contributed by atoms with Crippen molar-refractivity contribution in [1.82, 2.24) is 9.55 Å². The van der Waals surface area contributed by atoms with Gasteiger partial charge in [-0.3, -0.25) is 4.57 Å². The van der Waals surface area contributed by atoms with E-state index >= 15 is 0 Å². The van der Waals surface area contributed by atoms with Gasteiger partial charge in [-0.1, -0.05) is 52.5 Å². The van der Waals surface area contributed by atoms with E-state index in [1.54, 1.807) is 0 Å². The fraction of sp³-hybridized carbons (Fsp3) is 0.389. The van der Waals surface area contributed by atoms with Gasteiger partial charge in [0.15, 0.2) is 0 Å². The van der Waals surface area contributed by atoms with E-state index in [4.69, 9.17) is 0 Å². The number of para-hydroxylation sites is 1. The number of hydrogen-bond acceptors (Lipinski definition) is 1. The lowest BCUT2D eigenvalue weighted by Gasteiger charge is -2.48. The Morgan fingerprint density at radius 1 is 1.10 bits per heavy atom. The van der Waals surface area contributed by atoms with Crippen molar-refractivity contribution in [2.45, 2.75) is 50.1 Å². The quantitative estimate of drug-likeness (QED) is 0.724. The van der Waals surface area contributed by atoms with Crippen LogP contribution in [0, 0.1) is 0 Å². The van der Waals surface area contributed by atoms with Crippen molar-refractivity contribution in [3.63, 3.8) is 0 Å². The maximum atomic E-state index is 4.45. The second-order valence-corrected chi connectivity index (χ2v) is 10.4. The number of rotatable bonds is 5. The Hall–Kier alpha value is -1.48. The van der Waals surface area contributed by atoms with Gasteiger partial charge in [0, 0.05) is 5.69 Å². The Morgan fingerprint density at radius 2 is 1.67 bits per heavy atom. The molecule has 0 atom stereocenters. The molecular formula is C18H26N2S. The third-order valence-electron chi connectivity index (χ3n) is 4.05. The van der Waals surface area contributed by atoms with E-state index in [0.29, 0.717) is 10.5 Å². The SMILES string of the molecule is C=C(C)S(c1cncn1-c1ccccc1)(C(C)C)C(C)C. The number of benzene rings is 1. The summed E-state index contributed by atoms with van der Waals surface area (Å²) in [5, 5.41) is 2.38. The molecule has 0 amide bonds. The van der Waals surface area contributed by atoms with E-state index in [1.165, 1.54) is 15.6 Å². The Bertz CT molecular complexity index is 603. The fourth-order valence-electron chi connectivity index (χ4n) is 3.33. The smallest absolute Gasteiger partial charge is 0.100 e. The van der Waals surface area contributed by atoms with Crippen LogP contribution in [0.25, 0.3) is 5.69 Å². The minimum Gasteiger partial charge on any atom is -0.295 e. The van der Waals surface area contributed by atoms with Gasteiger partial charge in [-0.05, 0) is 34.5 Å². The normalized spacial score (nSPS) is 12.9. The molecule has 1 heterocycles. The molecule has 0 fully saturated rings. The van der Waals surface area contributed by atoms with Gasteiger partial charge >= 0.3 is 0 Å². The first-order chi connectivity index (χ1) is 9.92. The van der Waals surface area contributed by atoms with E-state index in [2.05, 4.69) is 75.0 Å². The molecule has 3 heteroatoms. The summed E-state index contributed by atoms with van der Waals surface area (Å²) < 4.78 is 2.24. The van der Waals surface area contributed by atoms with Crippen molar-refractivity contribution < 1.29 is 0 Å². The minimum absolute atomic E-state index is 0.536. The summed E-state index contributed by atoms with van der Waals surface area (Å²) in [5.41, 5.74) is 1.17. The zero-order valence-corrected chi connectivity index (χ0v) is 14.5. The largest absolute Gasteiger partial charge is 0.295 e. The second-order valence-electron chi connectivity index (χ2n) is 5.95. The van der Waals surface area contributed by atoms with Gasteiger partial charge in [0.1, 0.15) is 6.33 Å². The molecule has 2 aromatic rings. The van der Waals surface area contributed by atoms with Crippen molar-refractivity contribution in [3.8, 4) is 5.69 Å². The van der Waals surface area contributed by atoms with Gasteiger partial charge in [0.2, 0.25) is 0 Å². The molecule has 1 aromatic carbocycles. The molecule has 0 saturated carbocycles. The van der Waals surface area contributed by atoms with Crippen LogP contribution < -0.4 is 0 Å². The van der Waals surface area contributed by atoms with E-state index in [9.17, 15) is 0 Å².